The van der Waals surface area contributed by atoms with Crippen molar-refractivity contribution in [3.8, 4) is 11.8 Å². The van der Waals surface area contributed by atoms with Crippen molar-refractivity contribution in [3.63, 3.8) is 0 Å². The molecule has 1 aromatic heterocycles. The Morgan fingerprint density at radius 1 is 0.982 bits per heavy atom. The minimum atomic E-state index is -5.81. The van der Waals surface area contributed by atoms with Gasteiger partial charge in [0.05, 0.1) is 30.8 Å². The van der Waals surface area contributed by atoms with Gasteiger partial charge in [0.15, 0.2) is 6.23 Å². The fourth-order valence-electron chi connectivity index (χ4n) is 5.88. The van der Waals surface area contributed by atoms with E-state index in [1.165, 1.54) is 0 Å². The normalized spacial score (nSPS) is 26.5. The maximum Gasteiger partial charge on any atom is 0.490 e. The summed E-state index contributed by atoms with van der Waals surface area (Å²) >= 11 is 1.84. The molecule has 24 nitrogen and oxygen atoms in total. The summed E-state index contributed by atoms with van der Waals surface area (Å²) in [7, 11) is -17.0. The molecule has 3 saturated heterocycles. The van der Waals surface area contributed by atoms with Crippen LogP contribution >= 0.6 is 35.2 Å². The molecule has 0 radical (unpaired) electrons. The fourth-order valence-corrected chi connectivity index (χ4v) is 10.4. The predicted octanol–water partition coefficient (Wildman–Crippen LogP) is -1.34. The molecule has 4 heterocycles. The van der Waals surface area contributed by atoms with Gasteiger partial charge in [0.25, 0.3) is 0 Å². The van der Waals surface area contributed by atoms with Gasteiger partial charge in [-0.3, -0.25) is 18.7 Å². The summed E-state index contributed by atoms with van der Waals surface area (Å²) < 4.78 is 52.0. The molecule has 1 aromatic rings. The van der Waals surface area contributed by atoms with Crippen molar-refractivity contribution >= 4 is 58.9 Å². The van der Waals surface area contributed by atoms with Crippen molar-refractivity contribution in [3.05, 3.63) is 22.2 Å². The fraction of sp³-hybridized carbons (Fsp3) is 0.679. The second kappa shape index (κ2) is 20.2. The third kappa shape index (κ3) is 14.2. The van der Waals surface area contributed by atoms with Crippen molar-refractivity contribution in [1.82, 2.24) is 30.8 Å². The lowest BCUT2D eigenvalue weighted by Crippen LogP contribution is -2.36. The zero-order valence-electron chi connectivity index (χ0n) is 29.5. The lowest BCUT2D eigenvalue weighted by molar-refractivity contribution is -0.122. The zero-order chi connectivity index (χ0) is 41.3. The molecule has 0 saturated carbocycles. The minimum Gasteiger partial charge on any atom is -0.387 e. The van der Waals surface area contributed by atoms with Crippen molar-refractivity contribution in [2.24, 2.45) is 0 Å². The zero-order valence-corrected chi connectivity index (χ0v) is 33.0. The average molecular weight is 876 g/mol. The number of nitrogens with one attached hydrogen (secondary N) is 4. The van der Waals surface area contributed by atoms with E-state index in [-0.39, 0.29) is 54.3 Å². The van der Waals surface area contributed by atoms with E-state index in [0.29, 0.717) is 42.0 Å². The number of nitrogens with two attached hydrogens (primary N) is 1. The van der Waals surface area contributed by atoms with E-state index in [1.54, 1.807) is 0 Å². The van der Waals surface area contributed by atoms with Gasteiger partial charge in [0.1, 0.15) is 24.1 Å². The first-order valence-corrected chi connectivity index (χ1v) is 22.7. The van der Waals surface area contributed by atoms with Gasteiger partial charge in [-0.05, 0) is 25.7 Å². The molecule has 0 aromatic carbocycles. The van der Waals surface area contributed by atoms with Gasteiger partial charge in [0.2, 0.25) is 11.8 Å². The summed E-state index contributed by atoms with van der Waals surface area (Å²) in [5.74, 6) is 5.55. The van der Waals surface area contributed by atoms with Crippen LogP contribution in [0.15, 0.2) is 11.0 Å². The Morgan fingerprint density at radius 2 is 1.68 bits per heavy atom. The van der Waals surface area contributed by atoms with Crippen LogP contribution in [-0.4, -0.2) is 118 Å². The van der Waals surface area contributed by atoms with Gasteiger partial charge < -0.3 is 61.5 Å². The molecule has 56 heavy (non-hydrogen) atoms. The predicted molar refractivity (Wildman–Crippen MR) is 194 cm³/mol. The van der Waals surface area contributed by atoms with E-state index in [4.69, 9.17) is 20.3 Å². The molecule has 314 valence electrons. The number of nitrogens with zero attached hydrogens (tertiary/aromatic N) is 2. The van der Waals surface area contributed by atoms with Crippen LogP contribution in [0.1, 0.15) is 63.2 Å². The minimum absolute atomic E-state index is 0.0261. The highest BCUT2D eigenvalue weighted by atomic mass is 32.2. The summed E-state index contributed by atoms with van der Waals surface area (Å²) in [6.45, 7) is -0.722. The number of thioether (sulfide) groups is 1. The van der Waals surface area contributed by atoms with Crippen molar-refractivity contribution in [2.75, 3.05) is 31.2 Å². The van der Waals surface area contributed by atoms with Crippen molar-refractivity contribution < 1.29 is 75.7 Å². The number of nitrogen functional groups attached to an aromatic ring is 1. The van der Waals surface area contributed by atoms with Crippen LogP contribution < -0.4 is 32.7 Å². The van der Waals surface area contributed by atoms with Crippen LogP contribution in [0, 0.1) is 11.8 Å². The molecule has 9 atom stereocenters. The molecule has 0 aliphatic carbocycles. The number of aromatic nitrogens is 2. The number of aliphatic hydroxyl groups excluding tert-OH is 2. The molecular formula is C28H44N7O17P3S. The van der Waals surface area contributed by atoms with E-state index in [2.05, 4.69) is 51.2 Å². The Morgan fingerprint density at radius 3 is 2.39 bits per heavy atom. The van der Waals surface area contributed by atoms with Crippen molar-refractivity contribution in [2.45, 2.75) is 93.2 Å². The Bertz CT molecular complexity index is 1860. The number of phosphoric acid groups is 3. The maximum absolute atomic E-state index is 12.6. The highest BCUT2D eigenvalue weighted by Crippen LogP contribution is 2.66. The summed E-state index contributed by atoms with van der Waals surface area (Å²) in [6.07, 6.45) is -0.847. The quantitative estimate of drug-likeness (QED) is 0.0312. The van der Waals surface area contributed by atoms with Crippen LogP contribution in [0.4, 0.5) is 10.6 Å². The summed E-state index contributed by atoms with van der Waals surface area (Å²) in [5, 5.41) is 32.6. The Kier molecular flexibility index (Phi) is 16.5. The number of anilines is 1. The number of ether oxygens (including phenoxy) is 1. The SMILES string of the molecule is Nc1nc(=O)n([C@@H]2O[C@H](COP(=O)(O)OP(=O)(O)OP(=O)(O)O)[C@@H](O)[C@H]2O)cc1C#CCNC(=O)CCCCCNC(=O)CCCC[C@@H]1SC[C@@H]2NC(=O)N[C@@H]21. The van der Waals surface area contributed by atoms with Gasteiger partial charge in [-0.15, -0.1) is 0 Å². The molecule has 2 unspecified atom stereocenters. The highest BCUT2D eigenvalue weighted by molar-refractivity contribution is 8.00. The number of unbranched alkanes of at least 4 members (excludes halogenated alkanes) is 3. The van der Waals surface area contributed by atoms with Crippen LogP contribution in [0.3, 0.4) is 0 Å². The number of rotatable bonds is 20. The van der Waals surface area contributed by atoms with Gasteiger partial charge in [-0.1, -0.05) is 24.7 Å². The van der Waals surface area contributed by atoms with Crippen molar-refractivity contribution in [1.29, 1.82) is 0 Å². The van der Waals surface area contributed by atoms with E-state index >= 15 is 0 Å². The van der Waals surface area contributed by atoms with Crippen LogP contribution in [0.5, 0.6) is 0 Å². The van der Waals surface area contributed by atoms with Crippen LogP contribution in [0.25, 0.3) is 0 Å². The largest absolute Gasteiger partial charge is 0.490 e. The third-order valence-electron chi connectivity index (χ3n) is 8.49. The number of fused-ring (bicyclic) bond motifs is 1. The number of hydrogen-bond donors (Lipinski definition) is 11. The van der Waals surface area contributed by atoms with Crippen LogP contribution in [-0.2, 0) is 41.2 Å². The van der Waals surface area contributed by atoms with E-state index in [0.717, 1.165) is 31.2 Å². The van der Waals surface area contributed by atoms with Crippen LogP contribution in [0.2, 0.25) is 0 Å². The number of aliphatic hydroxyl groups is 2. The summed E-state index contributed by atoms with van der Waals surface area (Å²) in [5.41, 5.74) is 4.70. The van der Waals surface area contributed by atoms with E-state index in [9.17, 15) is 52.9 Å². The Hall–Kier alpha value is -2.91. The first-order chi connectivity index (χ1) is 26.2. The third-order valence-corrected chi connectivity index (χ3v) is 13.8. The Balaban J connectivity index is 1.13. The topological polar surface area (TPSA) is 370 Å². The van der Waals surface area contributed by atoms with E-state index < -0.39 is 60.3 Å². The number of hydrogen-bond acceptors (Lipinski definition) is 16. The number of phosphoric ester groups is 1. The maximum atomic E-state index is 12.6. The molecule has 0 bridgehead atoms. The molecule has 12 N–H and O–H groups in total. The first kappa shape index (κ1) is 45.8. The Labute approximate surface area is 323 Å². The second-order valence-electron chi connectivity index (χ2n) is 12.8. The number of carbonyl (C=O) groups excluding carboxylic acids is 3. The molecular weight excluding hydrogens is 831 g/mol. The number of urea groups is 1. The van der Waals surface area contributed by atoms with Gasteiger partial charge >= 0.3 is 35.2 Å². The lowest BCUT2D eigenvalue weighted by atomic mass is 10.0. The molecule has 4 rings (SSSR count). The second-order valence-corrected chi connectivity index (χ2v) is 18.5. The molecule has 0 spiro atoms. The number of carbonyl (C=O) groups is 3. The van der Waals surface area contributed by atoms with Gasteiger partial charge in [-0.2, -0.15) is 25.4 Å². The molecule has 3 fully saturated rings. The molecule has 3 aliphatic rings. The molecule has 3 aliphatic heterocycles. The summed E-state index contributed by atoms with van der Waals surface area (Å²) in [4.78, 5) is 88.2. The van der Waals surface area contributed by atoms with Gasteiger partial charge in [0, 0.05) is 36.6 Å². The van der Waals surface area contributed by atoms with E-state index in [1.807, 2.05) is 11.8 Å². The standard InChI is InChI=1S/C28H44N7O17P3S/c29-25-16(13-35(28(41)34-25)26-24(39)23(38)18(50-26)14-49-54(45,46)52-55(47,48)51-53(42,43)44)7-6-12-31-20(36)9-2-1-5-11-30-21(37)10-4-3-8-19-22-17(15-56-19)32-27(40)33-22/h13,17-19,22-24,26,38-39H,1-5,8-12,14-15H2,(H,30,37)(H,31,36)(H,45,46)(H,47,48)(H2,29,34,41)(H2,32,33,40)(H2,42,43,44)/t17-,18+,19-,22-,23+,24+,26+/m0/s1. The monoisotopic (exact) mass is 875 g/mol. The summed E-state index contributed by atoms with van der Waals surface area (Å²) in [6, 6.07) is 0.221. The van der Waals surface area contributed by atoms with Gasteiger partial charge in [-0.25, -0.2) is 23.3 Å². The first-order valence-electron chi connectivity index (χ1n) is 17.1. The smallest absolute Gasteiger partial charge is 0.387 e. The molecule has 4 amide bonds. The lowest BCUT2D eigenvalue weighted by Gasteiger charge is -2.19. The number of amides is 4. The highest BCUT2D eigenvalue weighted by Gasteiger charge is 2.47. The average Bonchev–Trinajstić information content (AvgIpc) is 3.73. The molecule has 28 heteroatoms.